The molecular formula is C27H29N. The van der Waals surface area contributed by atoms with Crippen molar-refractivity contribution in [2.75, 3.05) is 19.6 Å². The summed E-state index contributed by atoms with van der Waals surface area (Å²) in [5.41, 5.74) is 8.30. The summed E-state index contributed by atoms with van der Waals surface area (Å²) in [6.45, 7) is 8.43. The first kappa shape index (κ1) is 17.7. The van der Waals surface area contributed by atoms with Gasteiger partial charge in [-0.3, -0.25) is 0 Å². The molecule has 3 aliphatic heterocycles. The first-order valence-electron chi connectivity index (χ1n) is 10.6. The molecule has 0 unspecified atom stereocenters. The Hall–Kier alpha value is -2.38. The van der Waals surface area contributed by atoms with E-state index >= 15 is 0 Å². The minimum Gasteiger partial charge on any atom is -0.302 e. The lowest BCUT2D eigenvalue weighted by atomic mass is 9.64. The highest BCUT2D eigenvalue weighted by atomic mass is 15.2. The zero-order chi connectivity index (χ0) is 19.1. The largest absolute Gasteiger partial charge is 0.302 e. The molecule has 3 aliphatic rings. The minimum atomic E-state index is 0.324. The van der Waals surface area contributed by atoms with Gasteiger partial charge in [0.05, 0.1) is 0 Å². The Morgan fingerprint density at radius 1 is 0.679 bits per heavy atom. The summed E-state index contributed by atoms with van der Waals surface area (Å²) < 4.78 is 0. The molecule has 0 aliphatic carbocycles. The van der Waals surface area contributed by atoms with E-state index in [4.69, 9.17) is 0 Å². The smallest absolute Gasteiger partial charge is 0.00812 e. The Balaban J connectivity index is 1.38. The molecule has 3 fully saturated rings. The van der Waals surface area contributed by atoms with E-state index in [2.05, 4.69) is 91.5 Å². The molecule has 2 bridgehead atoms. The summed E-state index contributed by atoms with van der Waals surface area (Å²) in [7, 11) is 0. The predicted octanol–water partition coefficient (Wildman–Crippen LogP) is 6.31. The molecule has 1 atom stereocenters. The van der Waals surface area contributed by atoms with Crippen LogP contribution in [-0.2, 0) is 5.41 Å². The van der Waals surface area contributed by atoms with Gasteiger partial charge < -0.3 is 4.90 Å². The van der Waals surface area contributed by atoms with Crippen LogP contribution in [0.2, 0.25) is 0 Å². The highest BCUT2D eigenvalue weighted by Crippen LogP contribution is 2.44. The molecule has 0 saturated carbocycles. The maximum atomic E-state index is 2.65. The van der Waals surface area contributed by atoms with Crippen LogP contribution in [0.5, 0.6) is 0 Å². The third-order valence-electron chi connectivity index (χ3n) is 7.19. The van der Waals surface area contributed by atoms with E-state index in [1.165, 1.54) is 65.9 Å². The van der Waals surface area contributed by atoms with Crippen LogP contribution in [0.1, 0.15) is 30.9 Å². The zero-order valence-electron chi connectivity index (χ0n) is 17.0. The fourth-order valence-corrected chi connectivity index (χ4v) is 5.29. The third kappa shape index (κ3) is 3.08. The molecule has 1 heteroatoms. The molecule has 142 valence electrons. The topological polar surface area (TPSA) is 3.24 Å². The van der Waals surface area contributed by atoms with E-state index in [-0.39, 0.29) is 0 Å². The van der Waals surface area contributed by atoms with E-state index in [0.29, 0.717) is 5.41 Å². The average molecular weight is 368 g/mol. The summed E-state index contributed by atoms with van der Waals surface area (Å²) in [4.78, 5) is 2.65. The van der Waals surface area contributed by atoms with Gasteiger partial charge in [-0.2, -0.15) is 0 Å². The lowest BCUT2D eigenvalue weighted by Gasteiger charge is -2.52. The van der Waals surface area contributed by atoms with E-state index in [0.717, 1.165) is 5.92 Å². The second-order valence-corrected chi connectivity index (χ2v) is 8.99. The highest BCUT2D eigenvalue weighted by Gasteiger charge is 2.44. The molecule has 3 saturated heterocycles. The predicted molar refractivity (Wildman–Crippen MR) is 119 cm³/mol. The second-order valence-electron chi connectivity index (χ2n) is 8.99. The van der Waals surface area contributed by atoms with E-state index in [1.54, 1.807) is 0 Å². The molecule has 3 aromatic carbocycles. The Bertz CT molecular complexity index is 945. The Morgan fingerprint density at radius 3 is 1.54 bits per heavy atom. The fourth-order valence-electron chi connectivity index (χ4n) is 5.29. The zero-order valence-corrected chi connectivity index (χ0v) is 17.0. The van der Waals surface area contributed by atoms with Gasteiger partial charge in [-0.05, 0) is 66.6 Å². The van der Waals surface area contributed by atoms with Crippen LogP contribution in [0.4, 0.5) is 0 Å². The van der Waals surface area contributed by atoms with Crippen molar-refractivity contribution in [2.45, 2.75) is 32.1 Å². The van der Waals surface area contributed by atoms with E-state index in [9.17, 15) is 0 Å². The molecule has 0 radical (unpaired) electrons. The van der Waals surface area contributed by atoms with Gasteiger partial charge in [0.15, 0.2) is 0 Å². The summed E-state index contributed by atoms with van der Waals surface area (Å²) in [6.07, 6.45) is 2.72. The number of rotatable bonds is 3. The minimum absolute atomic E-state index is 0.324. The number of piperidine rings is 3. The molecule has 0 amide bonds. The number of hydrogen-bond donors (Lipinski definition) is 0. The van der Waals surface area contributed by atoms with Crippen molar-refractivity contribution in [3.63, 3.8) is 0 Å². The molecule has 0 spiro atoms. The van der Waals surface area contributed by atoms with Gasteiger partial charge in [0.2, 0.25) is 0 Å². The molecule has 1 nitrogen and oxygen atoms in total. The van der Waals surface area contributed by atoms with E-state index in [1.807, 2.05) is 0 Å². The normalized spacial score (nSPS) is 26.4. The van der Waals surface area contributed by atoms with Gasteiger partial charge >= 0.3 is 0 Å². The van der Waals surface area contributed by atoms with Crippen LogP contribution >= 0.6 is 0 Å². The molecule has 6 rings (SSSR count). The fraction of sp³-hybridized carbons (Fsp3) is 0.333. The second kappa shape index (κ2) is 6.90. The van der Waals surface area contributed by atoms with Crippen LogP contribution in [0.3, 0.4) is 0 Å². The molecular weight excluding hydrogens is 338 g/mol. The molecule has 0 aromatic heterocycles. The van der Waals surface area contributed by atoms with Crippen molar-refractivity contribution in [3.8, 4) is 22.3 Å². The summed E-state index contributed by atoms with van der Waals surface area (Å²) >= 11 is 0. The van der Waals surface area contributed by atoms with Crippen LogP contribution in [0.25, 0.3) is 22.3 Å². The molecule has 3 aromatic rings. The molecule has 28 heavy (non-hydrogen) atoms. The van der Waals surface area contributed by atoms with Crippen LogP contribution in [0.15, 0.2) is 72.8 Å². The Labute approximate surface area is 169 Å². The SMILES string of the molecule is Cc1ccc(-c2ccc(-c3ccc([C@@]4(C)CN5CCC4CC5)cc3)cc2)cc1. The van der Waals surface area contributed by atoms with Gasteiger partial charge in [-0.15, -0.1) is 0 Å². The quantitative estimate of drug-likeness (QED) is 0.524. The van der Waals surface area contributed by atoms with Crippen molar-refractivity contribution in [1.29, 1.82) is 0 Å². The van der Waals surface area contributed by atoms with E-state index < -0.39 is 0 Å². The van der Waals surface area contributed by atoms with Crippen molar-refractivity contribution < 1.29 is 0 Å². The standard InChI is InChI=1S/C27H29N/c1-20-3-5-21(6-4-20)22-7-9-23(10-8-22)24-11-13-25(14-12-24)27(2)19-28-17-15-26(27)16-18-28/h3-14,26H,15-19H2,1-2H3/t27-/m1/s1. The molecule has 3 heterocycles. The Kier molecular flexibility index (Phi) is 4.36. The van der Waals surface area contributed by atoms with Gasteiger partial charge in [0.1, 0.15) is 0 Å². The van der Waals surface area contributed by atoms with Gasteiger partial charge in [0.25, 0.3) is 0 Å². The summed E-state index contributed by atoms with van der Waals surface area (Å²) in [5.74, 6) is 0.845. The van der Waals surface area contributed by atoms with Crippen LogP contribution in [0, 0.1) is 12.8 Å². The number of aryl methyl sites for hydroxylation is 1. The number of fused-ring (bicyclic) bond motifs is 3. The summed E-state index contributed by atoms with van der Waals surface area (Å²) in [6, 6.07) is 27.1. The molecule has 0 N–H and O–H groups in total. The van der Waals surface area contributed by atoms with Gasteiger partial charge in [-0.1, -0.05) is 85.3 Å². The monoisotopic (exact) mass is 367 g/mol. The number of hydrogen-bond acceptors (Lipinski definition) is 1. The van der Waals surface area contributed by atoms with Crippen molar-refractivity contribution >= 4 is 0 Å². The Morgan fingerprint density at radius 2 is 1.11 bits per heavy atom. The highest BCUT2D eigenvalue weighted by molar-refractivity contribution is 5.70. The average Bonchev–Trinajstić information content (AvgIpc) is 2.75. The number of nitrogens with zero attached hydrogens (tertiary/aromatic N) is 1. The van der Waals surface area contributed by atoms with Gasteiger partial charge in [-0.25, -0.2) is 0 Å². The van der Waals surface area contributed by atoms with Crippen LogP contribution < -0.4 is 0 Å². The third-order valence-corrected chi connectivity index (χ3v) is 7.19. The summed E-state index contributed by atoms with van der Waals surface area (Å²) in [5, 5.41) is 0. The number of benzene rings is 3. The van der Waals surface area contributed by atoms with Crippen molar-refractivity contribution in [3.05, 3.63) is 83.9 Å². The van der Waals surface area contributed by atoms with Crippen molar-refractivity contribution in [2.24, 2.45) is 5.92 Å². The maximum Gasteiger partial charge on any atom is 0.00812 e. The van der Waals surface area contributed by atoms with Gasteiger partial charge in [0, 0.05) is 12.0 Å². The first-order valence-corrected chi connectivity index (χ1v) is 10.6. The first-order chi connectivity index (χ1) is 13.6. The lowest BCUT2D eigenvalue weighted by Crippen LogP contribution is -2.55. The van der Waals surface area contributed by atoms with Crippen molar-refractivity contribution in [1.82, 2.24) is 4.90 Å². The van der Waals surface area contributed by atoms with Crippen LogP contribution in [-0.4, -0.2) is 24.5 Å². The maximum absolute atomic E-state index is 2.65. The lowest BCUT2D eigenvalue weighted by molar-refractivity contribution is 0.0336.